The zero-order valence-corrected chi connectivity index (χ0v) is 13.7. The van der Waals surface area contributed by atoms with Gasteiger partial charge in [-0.1, -0.05) is 11.8 Å². The highest BCUT2D eigenvalue weighted by atomic mass is 32.2. The molecule has 8 heteroatoms. The molecule has 1 aromatic heterocycles. The molecule has 1 aromatic rings. The van der Waals surface area contributed by atoms with Crippen LogP contribution < -0.4 is 4.74 Å². The Kier molecular flexibility index (Phi) is 3.79. The monoisotopic (exact) mass is 345 g/mol. The number of thioether (sulfide) groups is 1. The molecular weight excluding hydrogens is 328 g/mol. The largest absolute Gasteiger partial charge is 0.465 e. The van der Waals surface area contributed by atoms with E-state index in [0.29, 0.717) is 28.6 Å². The number of hydrogen-bond donors (Lipinski definition) is 1. The van der Waals surface area contributed by atoms with Crippen molar-refractivity contribution in [2.75, 3.05) is 6.61 Å². The molecule has 2 bridgehead atoms. The number of esters is 1. The minimum absolute atomic E-state index is 0.0316. The first-order valence-corrected chi connectivity index (χ1v) is 8.14. The number of aryl methyl sites for hydroxylation is 2. The number of rotatable bonds is 3. The number of aromatic nitrogens is 1. The van der Waals surface area contributed by atoms with E-state index in [1.807, 2.05) is 0 Å². The van der Waals surface area contributed by atoms with Gasteiger partial charge in [-0.25, -0.2) is 13.8 Å². The fraction of sp³-hybridized carbons (Fsp3) is 0.600. The van der Waals surface area contributed by atoms with E-state index in [2.05, 4.69) is 4.98 Å². The normalized spacial score (nSPS) is 31.7. The van der Waals surface area contributed by atoms with Gasteiger partial charge in [0.2, 0.25) is 10.8 Å². The van der Waals surface area contributed by atoms with E-state index >= 15 is 0 Å². The predicted octanol–water partition coefficient (Wildman–Crippen LogP) is 2.31. The van der Waals surface area contributed by atoms with E-state index in [4.69, 9.17) is 9.47 Å². The van der Waals surface area contributed by atoms with E-state index in [-0.39, 0.29) is 18.9 Å². The van der Waals surface area contributed by atoms with Crippen LogP contribution in [0, 0.1) is 13.8 Å². The molecule has 3 heterocycles. The van der Waals surface area contributed by atoms with Crippen LogP contribution in [0.1, 0.15) is 30.2 Å². The van der Waals surface area contributed by atoms with Crippen LogP contribution in [-0.2, 0) is 15.1 Å². The van der Waals surface area contributed by atoms with Gasteiger partial charge in [0.1, 0.15) is 10.9 Å². The van der Waals surface area contributed by atoms with Gasteiger partial charge in [0.25, 0.3) is 6.43 Å². The summed E-state index contributed by atoms with van der Waals surface area (Å²) in [5, 5.41) is 9.96. The Morgan fingerprint density at radius 3 is 2.91 bits per heavy atom. The van der Waals surface area contributed by atoms with Crippen LogP contribution in [0.25, 0.3) is 0 Å². The molecule has 1 saturated heterocycles. The summed E-state index contributed by atoms with van der Waals surface area (Å²) in [6, 6.07) is 1.72. The van der Waals surface area contributed by atoms with Crippen molar-refractivity contribution in [1.29, 1.82) is 0 Å². The number of nitrogens with zero attached hydrogens (tertiary/aromatic N) is 1. The molecule has 3 rings (SSSR count). The highest BCUT2D eigenvalue weighted by molar-refractivity contribution is 8.02. The molecule has 5 nitrogen and oxygen atoms in total. The molecule has 0 aromatic carbocycles. The van der Waals surface area contributed by atoms with Crippen molar-refractivity contribution in [2.45, 2.75) is 49.4 Å². The van der Waals surface area contributed by atoms with Crippen molar-refractivity contribution in [1.82, 2.24) is 4.98 Å². The highest BCUT2D eigenvalue weighted by Crippen LogP contribution is 2.62. The molecule has 0 spiro atoms. The van der Waals surface area contributed by atoms with E-state index in [1.54, 1.807) is 26.8 Å². The van der Waals surface area contributed by atoms with Gasteiger partial charge in [-0.15, -0.1) is 0 Å². The Morgan fingerprint density at radius 1 is 1.61 bits per heavy atom. The Bertz CT molecular complexity index is 671. The molecule has 126 valence electrons. The molecule has 2 aliphatic heterocycles. The Hall–Kier alpha value is -1.41. The zero-order valence-electron chi connectivity index (χ0n) is 12.9. The maximum atomic E-state index is 13.7. The van der Waals surface area contributed by atoms with Crippen molar-refractivity contribution in [3.05, 3.63) is 22.9 Å². The van der Waals surface area contributed by atoms with Gasteiger partial charge < -0.3 is 14.6 Å². The lowest BCUT2D eigenvalue weighted by Crippen LogP contribution is -2.47. The van der Waals surface area contributed by atoms with Crippen molar-refractivity contribution in [2.24, 2.45) is 0 Å². The number of carbonyl (C=O) groups excluding carboxylic acids is 1. The summed E-state index contributed by atoms with van der Waals surface area (Å²) in [5.74, 6) is -0.755. The number of ether oxygens (including phenoxy) is 2. The van der Waals surface area contributed by atoms with Gasteiger partial charge in [0, 0.05) is 12.1 Å². The van der Waals surface area contributed by atoms with Gasteiger partial charge in [-0.05, 0) is 32.4 Å². The van der Waals surface area contributed by atoms with E-state index in [0.717, 1.165) is 0 Å². The van der Waals surface area contributed by atoms with E-state index < -0.39 is 28.2 Å². The second-order valence-electron chi connectivity index (χ2n) is 5.83. The summed E-state index contributed by atoms with van der Waals surface area (Å²) >= 11 is 0.618. The Labute approximate surface area is 136 Å². The third-order valence-electron chi connectivity index (χ3n) is 4.11. The molecule has 0 radical (unpaired) electrons. The molecule has 0 amide bonds. The fourth-order valence-corrected chi connectivity index (χ4v) is 4.78. The third kappa shape index (κ3) is 2.30. The maximum Gasteiger partial charge on any atom is 0.322 e. The number of aliphatic hydroxyl groups is 1. The summed E-state index contributed by atoms with van der Waals surface area (Å²) in [4.78, 5) is 14.4. The molecular formula is C15H17F2NO4S. The molecule has 1 fully saturated rings. The number of pyridine rings is 1. The quantitative estimate of drug-likeness (QED) is 0.848. The van der Waals surface area contributed by atoms with Crippen molar-refractivity contribution < 1.29 is 28.2 Å². The first kappa shape index (κ1) is 16.4. The molecule has 0 saturated carbocycles. The molecule has 23 heavy (non-hydrogen) atoms. The van der Waals surface area contributed by atoms with Gasteiger partial charge in [0.05, 0.1) is 12.2 Å². The van der Waals surface area contributed by atoms with Gasteiger partial charge in [-0.3, -0.25) is 4.79 Å². The SMILES string of the molecule is CCOC(=O)C1SC2(C(F)F)CC1(O)c1c(C)cc(C)nc1O2. The molecule has 3 atom stereocenters. The molecule has 3 unspecified atom stereocenters. The third-order valence-corrected chi connectivity index (χ3v) is 5.74. The molecule has 1 N–H and O–H groups in total. The van der Waals surface area contributed by atoms with Gasteiger partial charge >= 0.3 is 5.97 Å². The lowest BCUT2D eigenvalue weighted by Gasteiger charge is -2.37. The van der Waals surface area contributed by atoms with Crippen LogP contribution >= 0.6 is 11.8 Å². The van der Waals surface area contributed by atoms with Crippen molar-refractivity contribution in [3.63, 3.8) is 0 Å². The first-order valence-electron chi connectivity index (χ1n) is 7.26. The van der Waals surface area contributed by atoms with Crippen LogP contribution in [-0.4, -0.2) is 39.3 Å². The van der Waals surface area contributed by atoms with Crippen LogP contribution in [0.5, 0.6) is 5.88 Å². The summed E-state index contributed by atoms with van der Waals surface area (Å²) in [5.41, 5.74) is -0.253. The van der Waals surface area contributed by atoms with Crippen molar-refractivity contribution in [3.8, 4) is 5.88 Å². The summed E-state index contributed by atoms with van der Waals surface area (Å²) in [6.45, 7) is 5.17. The summed E-state index contributed by atoms with van der Waals surface area (Å²) in [7, 11) is 0. The average molecular weight is 345 g/mol. The maximum absolute atomic E-state index is 13.7. The smallest absolute Gasteiger partial charge is 0.322 e. The molecule has 2 aliphatic rings. The van der Waals surface area contributed by atoms with Gasteiger partial charge in [0.15, 0.2) is 0 Å². The summed E-state index contributed by atoms with van der Waals surface area (Å²) < 4.78 is 37.8. The minimum Gasteiger partial charge on any atom is -0.465 e. The number of hydrogen-bond acceptors (Lipinski definition) is 6. The second-order valence-corrected chi connectivity index (χ2v) is 7.22. The summed E-state index contributed by atoms with van der Waals surface area (Å²) in [6.07, 6.45) is -3.26. The first-order chi connectivity index (χ1) is 10.7. The van der Waals surface area contributed by atoms with Gasteiger partial charge in [-0.2, -0.15) is 0 Å². The lowest BCUT2D eigenvalue weighted by molar-refractivity contribution is -0.150. The zero-order chi connectivity index (χ0) is 17.0. The van der Waals surface area contributed by atoms with Crippen LogP contribution in [0.3, 0.4) is 0 Å². The standard InChI is InChI=1S/C15H17F2NO4S/c1-4-21-12(19)10-14(20)6-15(23-10,13(16)17)22-11-9(14)7(2)5-8(3)18-11/h5,10,13,20H,4,6H2,1-3H3. The molecule has 0 aliphatic carbocycles. The Balaban J connectivity index is 2.18. The minimum atomic E-state index is -2.88. The average Bonchev–Trinajstić information content (AvgIpc) is 2.67. The van der Waals surface area contributed by atoms with Crippen LogP contribution in [0.15, 0.2) is 6.07 Å². The topological polar surface area (TPSA) is 68.7 Å². The predicted molar refractivity (Wildman–Crippen MR) is 79.6 cm³/mol. The van der Waals surface area contributed by atoms with E-state index in [9.17, 15) is 18.7 Å². The number of halogens is 2. The fourth-order valence-electron chi connectivity index (χ4n) is 3.29. The lowest BCUT2D eigenvalue weighted by atomic mass is 9.81. The van der Waals surface area contributed by atoms with Crippen molar-refractivity contribution >= 4 is 17.7 Å². The van der Waals surface area contributed by atoms with Crippen LogP contribution in [0.2, 0.25) is 0 Å². The van der Waals surface area contributed by atoms with Crippen LogP contribution in [0.4, 0.5) is 8.78 Å². The number of fused-ring (bicyclic) bond motifs is 4. The Morgan fingerprint density at radius 2 is 2.30 bits per heavy atom. The number of carbonyl (C=O) groups is 1. The van der Waals surface area contributed by atoms with E-state index in [1.165, 1.54) is 0 Å². The highest BCUT2D eigenvalue weighted by Gasteiger charge is 2.68. The second kappa shape index (κ2) is 5.31. The number of alkyl halides is 2.